The molecule has 0 spiro atoms. The summed E-state index contributed by atoms with van der Waals surface area (Å²) in [4.78, 5) is 66.2. The zero-order valence-corrected chi connectivity index (χ0v) is 42.7. The van der Waals surface area contributed by atoms with Crippen LogP contribution < -0.4 is 4.74 Å². The number of aliphatic hydroxyl groups is 5. The van der Waals surface area contributed by atoms with E-state index in [0.29, 0.717) is 0 Å². The van der Waals surface area contributed by atoms with Crippen molar-refractivity contribution in [3.05, 3.63) is 40.2 Å². The van der Waals surface area contributed by atoms with E-state index >= 15 is 4.79 Å². The lowest BCUT2D eigenvalue weighted by Gasteiger charge is -2.50. The third-order valence-corrected chi connectivity index (χ3v) is 15.0. The molecule has 4 fully saturated rings. The van der Waals surface area contributed by atoms with E-state index in [0.717, 1.165) is 6.92 Å². The number of ketones is 3. The molecule has 74 heavy (non-hydrogen) atoms. The van der Waals surface area contributed by atoms with Gasteiger partial charge in [-0.25, -0.2) is 0 Å². The molecule has 2 aromatic carbocycles. The summed E-state index contributed by atoms with van der Waals surface area (Å²) in [6, 6.07) is 2.95. The van der Waals surface area contributed by atoms with Crippen LogP contribution in [0.2, 0.25) is 0 Å². The highest BCUT2D eigenvalue weighted by atomic mass is 16.7. The molecule has 0 saturated carbocycles. The van der Waals surface area contributed by atoms with Crippen molar-refractivity contribution in [2.24, 2.45) is 5.92 Å². The number of carbonyl (C=O) groups excluding carboxylic acids is 5. The predicted octanol–water partition coefficient (Wildman–Crippen LogP) is 2.05. The lowest BCUT2D eigenvalue weighted by Crippen LogP contribution is -2.65. The van der Waals surface area contributed by atoms with Crippen LogP contribution in [0.4, 0.5) is 0 Å². The van der Waals surface area contributed by atoms with Gasteiger partial charge in [0.25, 0.3) is 0 Å². The highest BCUT2D eigenvalue weighted by molar-refractivity contribution is 6.25. The molecule has 0 amide bonds. The van der Waals surface area contributed by atoms with Crippen LogP contribution in [-0.2, 0) is 73.0 Å². The Morgan fingerprint density at radius 2 is 1.32 bits per heavy atom. The lowest BCUT2D eigenvalue weighted by atomic mass is 9.62. The Bertz CT molecular complexity index is 2560. The molecule has 23 heteroatoms. The van der Waals surface area contributed by atoms with Gasteiger partial charge in [0.15, 0.2) is 48.2 Å². The van der Waals surface area contributed by atoms with Gasteiger partial charge < -0.3 is 87.9 Å². The number of rotatable bonds is 12. The number of fused-ring (bicyclic) bond motifs is 3. The van der Waals surface area contributed by atoms with Gasteiger partial charge in [0.05, 0.1) is 53.7 Å². The van der Waals surface area contributed by atoms with E-state index < -0.39 is 173 Å². The van der Waals surface area contributed by atoms with Gasteiger partial charge in [-0.05, 0) is 78.0 Å². The molecule has 408 valence electrons. The summed E-state index contributed by atoms with van der Waals surface area (Å²) in [5.41, 5.74) is -5.23. The van der Waals surface area contributed by atoms with Crippen molar-refractivity contribution in [1.29, 1.82) is 0 Å². The SMILES string of the molecule is COC1C(=O)C(C(C)=O)=C(O)C2(OC3CC(OC4CC(OC5CC(C)(O)C(OC(C)=O)C(C)O5)C(O)C(C)O4)C(O)C(C)O3)C(=O)c3c(cc4cc(OC5CC(O)C(OC(C)=O)C(C)O5)c(C)c(O)c4c3O)CC12. The van der Waals surface area contributed by atoms with Crippen LogP contribution >= 0.6 is 0 Å². The molecule has 4 saturated heterocycles. The molecular formula is C51H66O23. The second-order valence-electron chi connectivity index (χ2n) is 20.5. The first-order chi connectivity index (χ1) is 34.7. The molecule has 2 aromatic rings. The van der Waals surface area contributed by atoms with E-state index in [1.165, 1.54) is 53.9 Å². The third kappa shape index (κ3) is 10.0. The summed E-state index contributed by atoms with van der Waals surface area (Å²) >= 11 is 0. The molecule has 4 heterocycles. The minimum Gasteiger partial charge on any atom is -0.508 e. The second kappa shape index (κ2) is 20.9. The molecule has 4 aliphatic heterocycles. The fourth-order valence-corrected chi connectivity index (χ4v) is 11.4. The van der Waals surface area contributed by atoms with Crippen molar-refractivity contribution in [2.75, 3.05) is 7.11 Å². The summed E-state index contributed by atoms with van der Waals surface area (Å²) in [7, 11) is 1.18. The lowest BCUT2D eigenvalue weighted by molar-refractivity contribution is -0.337. The first kappa shape index (κ1) is 55.3. The molecule has 6 aliphatic rings. The minimum atomic E-state index is -2.68. The van der Waals surface area contributed by atoms with Crippen molar-refractivity contribution < 1.29 is 112 Å². The number of Topliss-reactive ketones (excluding diaryl/α,β-unsaturated/α-hetero) is 3. The zero-order chi connectivity index (χ0) is 54.2. The Hall–Kier alpha value is -4.89. The molecule has 2 aliphatic carbocycles. The van der Waals surface area contributed by atoms with Gasteiger partial charge in [0.2, 0.25) is 12.1 Å². The molecule has 0 aromatic heterocycles. The van der Waals surface area contributed by atoms with Gasteiger partial charge in [-0.3, -0.25) is 24.0 Å². The number of benzene rings is 2. The van der Waals surface area contributed by atoms with Crippen LogP contribution in [0.5, 0.6) is 17.2 Å². The Morgan fingerprint density at radius 1 is 0.743 bits per heavy atom. The number of carbonyl (C=O) groups is 5. The Morgan fingerprint density at radius 3 is 1.91 bits per heavy atom. The molecular weight excluding hydrogens is 981 g/mol. The van der Waals surface area contributed by atoms with Crippen molar-refractivity contribution in [3.63, 3.8) is 0 Å². The van der Waals surface area contributed by atoms with Crippen LogP contribution in [0, 0.1) is 12.8 Å². The van der Waals surface area contributed by atoms with Crippen LogP contribution in [0.25, 0.3) is 10.8 Å². The van der Waals surface area contributed by atoms with Crippen LogP contribution in [0.3, 0.4) is 0 Å². The summed E-state index contributed by atoms with van der Waals surface area (Å²) in [6.07, 6.45) is -18.9. The molecule has 23 nitrogen and oxygen atoms in total. The molecule has 0 radical (unpaired) electrons. The standard InChI is InChI=1S/C51H66O23/c1-18-30(71-33-14-29(55)45(22(5)67-33)69-24(7)53)13-27-11-26-12-28-46(64-10)44(60)37(19(2)52)47(61)51(28,48(62)39(26)43(59)38(27)40(18)56)74-35-16-32(42(58)21(4)66-35)72-34-15-31(41(57)20(3)65-34)73-36-17-50(9,63)49(23(6)68-36)70-25(8)54/h11,13,20-23,28-29,31-36,41-42,45-46,49,55-59,61,63H,12,14-17H2,1-10H3. The minimum absolute atomic E-state index is 0.0754. The largest absolute Gasteiger partial charge is 0.508 e. The number of methoxy groups -OCH3 is 1. The maximum Gasteiger partial charge on any atom is 0.303 e. The van der Waals surface area contributed by atoms with Gasteiger partial charge >= 0.3 is 11.9 Å². The fraction of sp³-hybridized carbons (Fsp3) is 0.667. The van der Waals surface area contributed by atoms with Crippen molar-refractivity contribution in [1.82, 2.24) is 0 Å². The number of hydrogen-bond acceptors (Lipinski definition) is 23. The Labute approximate surface area is 425 Å². The van der Waals surface area contributed by atoms with E-state index in [9.17, 15) is 54.9 Å². The molecule has 7 N–H and O–H groups in total. The summed E-state index contributed by atoms with van der Waals surface area (Å²) in [5.74, 6) is -7.88. The number of hydrogen-bond donors (Lipinski definition) is 7. The number of esters is 2. The average Bonchev–Trinajstić information content (AvgIpc) is 3.29. The van der Waals surface area contributed by atoms with Crippen molar-refractivity contribution >= 4 is 40.1 Å². The van der Waals surface area contributed by atoms with Gasteiger partial charge in [-0.2, -0.15) is 0 Å². The quantitative estimate of drug-likeness (QED) is 0.118. The number of phenolic OH excluding ortho intramolecular Hbond substituents is 2. The van der Waals surface area contributed by atoms with Crippen LogP contribution in [0.1, 0.15) is 103 Å². The molecule has 8 rings (SSSR count). The Balaban J connectivity index is 1.09. The predicted molar refractivity (Wildman–Crippen MR) is 249 cm³/mol. The maximum atomic E-state index is 15.5. The molecule has 19 unspecified atom stereocenters. The van der Waals surface area contributed by atoms with E-state index in [1.807, 2.05) is 0 Å². The van der Waals surface area contributed by atoms with Gasteiger partial charge in [0, 0.05) is 58.1 Å². The van der Waals surface area contributed by atoms with Crippen molar-refractivity contribution in [2.45, 2.75) is 204 Å². The van der Waals surface area contributed by atoms with E-state index in [2.05, 4.69) is 0 Å². The van der Waals surface area contributed by atoms with Crippen molar-refractivity contribution in [3.8, 4) is 17.2 Å². The first-order valence-electron chi connectivity index (χ1n) is 24.6. The monoisotopic (exact) mass is 1050 g/mol. The van der Waals surface area contributed by atoms with E-state index in [4.69, 9.17) is 52.1 Å². The average molecular weight is 1050 g/mol. The van der Waals surface area contributed by atoms with E-state index in [1.54, 1.807) is 20.8 Å². The fourth-order valence-electron chi connectivity index (χ4n) is 11.4. The number of aromatic hydroxyl groups is 2. The molecule has 19 atom stereocenters. The number of ether oxygens (including phenoxy) is 11. The van der Waals surface area contributed by atoms with Gasteiger partial charge in [-0.1, -0.05) is 0 Å². The second-order valence-corrected chi connectivity index (χ2v) is 20.5. The molecule has 0 bridgehead atoms. The Kier molecular flexibility index (Phi) is 15.6. The highest BCUT2D eigenvalue weighted by Crippen LogP contribution is 2.53. The van der Waals surface area contributed by atoms with Crippen LogP contribution in [-0.4, -0.2) is 182 Å². The summed E-state index contributed by atoms with van der Waals surface area (Å²) in [6.45, 7) is 12.6. The van der Waals surface area contributed by atoms with Crippen LogP contribution in [0.15, 0.2) is 23.5 Å². The number of aliphatic hydroxyl groups excluding tert-OH is 4. The normalized spacial score (nSPS) is 39.5. The van der Waals surface area contributed by atoms with E-state index in [-0.39, 0.29) is 59.8 Å². The smallest absolute Gasteiger partial charge is 0.303 e. The third-order valence-electron chi connectivity index (χ3n) is 15.0. The summed E-state index contributed by atoms with van der Waals surface area (Å²) in [5, 5.41) is 80.8. The first-order valence-corrected chi connectivity index (χ1v) is 24.6. The highest BCUT2D eigenvalue weighted by Gasteiger charge is 2.65. The van der Waals surface area contributed by atoms with Gasteiger partial charge in [0.1, 0.15) is 52.5 Å². The zero-order valence-electron chi connectivity index (χ0n) is 42.7. The summed E-state index contributed by atoms with van der Waals surface area (Å²) < 4.78 is 65.5. The van der Waals surface area contributed by atoms with Gasteiger partial charge in [-0.15, -0.1) is 0 Å². The topological polar surface area (TPSA) is 328 Å². The number of phenols is 2. The maximum absolute atomic E-state index is 15.5.